The molecule has 0 aliphatic carbocycles. The van der Waals surface area contributed by atoms with E-state index in [9.17, 15) is 4.79 Å². The summed E-state index contributed by atoms with van der Waals surface area (Å²) in [6, 6.07) is 16.0. The minimum Gasteiger partial charge on any atom is -0.288 e. The highest BCUT2D eigenvalue weighted by Gasteiger charge is 2.09. The Balaban J connectivity index is 1.66. The Morgan fingerprint density at radius 3 is 2.70 bits per heavy atom. The van der Waals surface area contributed by atoms with E-state index < -0.39 is 5.91 Å². The van der Waals surface area contributed by atoms with Crippen LogP contribution < -0.4 is 10.2 Å². The molecule has 1 aromatic heterocycles. The van der Waals surface area contributed by atoms with Gasteiger partial charge in [-0.25, -0.2) is 5.48 Å². The van der Waals surface area contributed by atoms with E-state index in [2.05, 4.69) is 26.7 Å². The number of halogens is 1. The predicted molar refractivity (Wildman–Crippen MR) is 97.9 cm³/mol. The van der Waals surface area contributed by atoms with Crippen molar-refractivity contribution in [1.82, 2.24) is 10.2 Å². The number of carbonyl (C=O) groups is 1. The summed E-state index contributed by atoms with van der Waals surface area (Å²) in [5.41, 5.74) is 2.80. The highest BCUT2D eigenvalue weighted by Crippen LogP contribution is 2.27. The average Bonchev–Trinajstić information content (AvgIpc) is 2.99. The van der Waals surface area contributed by atoms with Crippen molar-refractivity contribution in [3.05, 3.63) is 63.4 Å². The van der Waals surface area contributed by atoms with Crippen LogP contribution in [0.1, 0.15) is 15.2 Å². The van der Waals surface area contributed by atoms with Gasteiger partial charge in [-0.1, -0.05) is 28.1 Å². The lowest BCUT2D eigenvalue weighted by Crippen LogP contribution is -2.16. The zero-order valence-electron chi connectivity index (χ0n) is 11.9. The smallest absolute Gasteiger partial charge is 0.284 e. The van der Waals surface area contributed by atoms with Gasteiger partial charge >= 0.3 is 0 Å². The molecule has 4 nitrogen and oxygen atoms in total. The molecule has 0 saturated heterocycles. The van der Waals surface area contributed by atoms with Gasteiger partial charge in [0.25, 0.3) is 5.91 Å². The van der Waals surface area contributed by atoms with Crippen molar-refractivity contribution in [3.8, 4) is 0 Å². The molecule has 1 heterocycles. The van der Waals surface area contributed by atoms with E-state index >= 15 is 0 Å². The molecule has 0 aliphatic rings. The van der Waals surface area contributed by atoms with E-state index in [-0.39, 0.29) is 0 Å². The van der Waals surface area contributed by atoms with Gasteiger partial charge in [-0.2, -0.15) is 0 Å². The number of hydroxylamine groups is 1. The van der Waals surface area contributed by atoms with Gasteiger partial charge in [0.05, 0.1) is 4.88 Å². The lowest BCUT2D eigenvalue weighted by atomic mass is 10.2. The van der Waals surface area contributed by atoms with Crippen molar-refractivity contribution < 1.29 is 10.0 Å². The Hall–Kier alpha value is -1.38. The Labute approximate surface area is 150 Å². The first kappa shape index (κ1) is 16.5. The van der Waals surface area contributed by atoms with Crippen LogP contribution in [0.15, 0.2) is 57.9 Å². The molecule has 0 radical (unpaired) electrons. The zero-order valence-corrected chi connectivity index (χ0v) is 15.1. The number of hydrogen-bond donors (Lipinski definition) is 3. The number of fused-ring (bicyclic) bond motifs is 1. The van der Waals surface area contributed by atoms with Crippen molar-refractivity contribution >= 4 is 55.2 Å². The summed E-state index contributed by atoms with van der Waals surface area (Å²) in [6.45, 7) is 0.718. The molecule has 0 fully saturated rings. The monoisotopic (exact) mass is 408 g/mol. The van der Waals surface area contributed by atoms with Crippen LogP contribution in [-0.4, -0.2) is 11.1 Å². The van der Waals surface area contributed by atoms with E-state index in [1.807, 2.05) is 36.4 Å². The summed E-state index contributed by atoms with van der Waals surface area (Å²) in [5, 5.41) is 9.70. The topological polar surface area (TPSA) is 61.4 Å². The van der Waals surface area contributed by atoms with Crippen LogP contribution in [0.4, 0.5) is 0 Å². The van der Waals surface area contributed by atoms with Gasteiger partial charge in [-0.3, -0.25) is 14.7 Å². The third-order valence-corrected chi connectivity index (χ3v) is 5.61. The van der Waals surface area contributed by atoms with E-state index in [1.54, 1.807) is 23.5 Å². The van der Waals surface area contributed by atoms with E-state index in [0.29, 0.717) is 4.88 Å². The molecular formula is C16H13BrN2O2S2. The van der Waals surface area contributed by atoms with Gasteiger partial charge in [0, 0.05) is 20.6 Å². The van der Waals surface area contributed by atoms with Gasteiger partial charge in [-0.05, 0) is 59.3 Å². The molecule has 7 heteroatoms. The number of amides is 1. The Morgan fingerprint density at radius 1 is 1.17 bits per heavy atom. The van der Waals surface area contributed by atoms with Crippen LogP contribution in [0.5, 0.6) is 0 Å². The molecule has 0 spiro atoms. The molecule has 1 amide bonds. The quantitative estimate of drug-likeness (QED) is 0.328. The summed E-state index contributed by atoms with van der Waals surface area (Å²) >= 11 is 6.36. The van der Waals surface area contributed by atoms with Gasteiger partial charge in [-0.15, -0.1) is 11.3 Å². The standard InChI is InChI=1S/C16H13BrN2O2S2/c17-12-3-5-13(6-4-12)23-18-9-10-1-2-11-8-15(16(20)19-21)22-14(11)7-10/h1-8,18,21H,9H2,(H,19,20). The molecule has 0 saturated carbocycles. The van der Waals surface area contributed by atoms with Crippen molar-refractivity contribution in [2.45, 2.75) is 11.4 Å². The fourth-order valence-electron chi connectivity index (χ4n) is 2.06. The molecule has 3 rings (SSSR count). The highest BCUT2D eigenvalue weighted by atomic mass is 79.9. The fourth-order valence-corrected chi connectivity index (χ4v) is 4.02. The third kappa shape index (κ3) is 4.13. The van der Waals surface area contributed by atoms with Crippen LogP contribution in [-0.2, 0) is 6.54 Å². The molecule has 0 atom stereocenters. The first-order chi connectivity index (χ1) is 11.2. The first-order valence-corrected chi connectivity index (χ1v) is 9.20. The Bertz CT molecular complexity index is 834. The van der Waals surface area contributed by atoms with Crippen LogP contribution in [0.3, 0.4) is 0 Å². The van der Waals surface area contributed by atoms with Crippen molar-refractivity contribution in [3.63, 3.8) is 0 Å². The minimum atomic E-state index is -0.475. The van der Waals surface area contributed by atoms with Crippen LogP contribution in [0.2, 0.25) is 0 Å². The maximum absolute atomic E-state index is 11.5. The van der Waals surface area contributed by atoms with E-state index in [0.717, 1.165) is 31.6 Å². The second-order valence-corrected chi connectivity index (χ2v) is 7.76. The normalized spacial score (nSPS) is 10.9. The maximum atomic E-state index is 11.5. The molecule has 0 aliphatic heterocycles. The lowest BCUT2D eigenvalue weighted by molar-refractivity contribution is 0.0711. The maximum Gasteiger partial charge on any atom is 0.284 e. The second kappa shape index (κ2) is 7.46. The second-order valence-electron chi connectivity index (χ2n) is 4.80. The number of benzene rings is 2. The molecule has 23 heavy (non-hydrogen) atoms. The van der Waals surface area contributed by atoms with Crippen LogP contribution in [0.25, 0.3) is 10.1 Å². The molecule has 2 aromatic carbocycles. The Kier molecular flexibility index (Phi) is 5.34. The largest absolute Gasteiger partial charge is 0.288 e. The number of rotatable bonds is 5. The molecule has 118 valence electrons. The number of thiophene rings is 1. The predicted octanol–water partition coefficient (Wildman–Crippen LogP) is 4.58. The van der Waals surface area contributed by atoms with Crippen LogP contribution in [0, 0.1) is 0 Å². The van der Waals surface area contributed by atoms with Crippen molar-refractivity contribution in [1.29, 1.82) is 0 Å². The summed E-state index contributed by atoms with van der Waals surface area (Å²) < 4.78 is 5.42. The number of hydrogen-bond acceptors (Lipinski definition) is 5. The molecular weight excluding hydrogens is 396 g/mol. The zero-order chi connectivity index (χ0) is 16.2. The van der Waals surface area contributed by atoms with Crippen LogP contribution >= 0.6 is 39.2 Å². The summed E-state index contributed by atoms with van der Waals surface area (Å²) in [6.07, 6.45) is 0. The molecule has 3 aromatic rings. The van der Waals surface area contributed by atoms with Gasteiger partial charge < -0.3 is 0 Å². The summed E-state index contributed by atoms with van der Waals surface area (Å²) in [5.74, 6) is -0.475. The fraction of sp³-hybridized carbons (Fsp3) is 0.0625. The molecule has 3 N–H and O–H groups in total. The van der Waals surface area contributed by atoms with Gasteiger partial charge in [0.15, 0.2) is 0 Å². The van der Waals surface area contributed by atoms with Gasteiger partial charge in [0.2, 0.25) is 0 Å². The highest BCUT2D eigenvalue weighted by molar-refractivity contribution is 9.10. The average molecular weight is 409 g/mol. The molecule has 0 unspecified atom stereocenters. The molecule has 0 bridgehead atoms. The van der Waals surface area contributed by atoms with Crippen molar-refractivity contribution in [2.24, 2.45) is 0 Å². The first-order valence-electron chi connectivity index (χ1n) is 6.78. The minimum absolute atomic E-state index is 0.475. The SMILES string of the molecule is O=C(NO)c1cc2ccc(CNSc3ccc(Br)cc3)cc2s1. The Morgan fingerprint density at radius 2 is 1.96 bits per heavy atom. The number of nitrogens with one attached hydrogen (secondary N) is 2. The number of carbonyl (C=O) groups excluding carboxylic acids is 1. The lowest BCUT2D eigenvalue weighted by Gasteiger charge is -2.04. The van der Waals surface area contributed by atoms with Gasteiger partial charge in [0.1, 0.15) is 0 Å². The summed E-state index contributed by atoms with van der Waals surface area (Å²) in [4.78, 5) is 13.1. The van der Waals surface area contributed by atoms with E-state index in [1.165, 1.54) is 11.3 Å². The summed E-state index contributed by atoms with van der Waals surface area (Å²) in [7, 11) is 0. The third-order valence-electron chi connectivity index (χ3n) is 3.19. The van der Waals surface area contributed by atoms with E-state index in [4.69, 9.17) is 5.21 Å². The van der Waals surface area contributed by atoms with Crippen molar-refractivity contribution in [2.75, 3.05) is 0 Å².